The highest BCUT2D eigenvalue weighted by Gasteiger charge is 2.29. The normalized spacial score (nSPS) is 16.0. The van der Waals surface area contributed by atoms with Crippen LogP contribution in [0.3, 0.4) is 0 Å². The molecule has 35 heavy (non-hydrogen) atoms. The molecule has 9 heteroatoms. The van der Waals surface area contributed by atoms with Gasteiger partial charge < -0.3 is 10.2 Å². The summed E-state index contributed by atoms with van der Waals surface area (Å²) in [5.41, 5.74) is 3.91. The van der Waals surface area contributed by atoms with Crippen molar-refractivity contribution < 1.29 is 9.18 Å². The zero-order chi connectivity index (χ0) is 24.5. The number of aryl methyl sites for hydroxylation is 2. The third kappa shape index (κ3) is 4.58. The first-order valence-electron chi connectivity index (χ1n) is 11.7. The summed E-state index contributed by atoms with van der Waals surface area (Å²) in [6.07, 6.45) is 1.60. The van der Waals surface area contributed by atoms with Crippen molar-refractivity contribution in [1.29, 1.82) is 0 Å². The minimum atomic E-state index is -0.318. The van der Waals surface area contributed by atoms with Crippen LogP contribution in [0.5, 0.6) is 0 Å². The van der Waals surface area contributed by atoms with Crippen LogP contribution in [0, 0.1) is 25.6 Å². The van der Waals surface area contributed by atoms with Gasteiger partial charge in [-0.15, -0.1) is 5.10 Å². The second-order valence-corrected chi connectivity index (χ2v) is 9.34. The molecule has 180 valence electrons. The molecule has 1 amide bonds. The van der Waals surface area contributed by atoms with Crippen molar-refractivity contribution in [3.63, 3.8) is 0 Å². The summed E-state index contributed by atoms with van der Waals surface area (Å²) in [5.74, 6) is 0.0420. The van der Waals surface area contributed by atoms with E-state index in [1.165, 1.54) is 6.07 Å². The molecular formula is C26H26ClFN6O. The SMILES string of the molecule is Cc1nnc(N2CCC[C@H](C(=O)NCc3ccccc3F)C2)c2nn(-c3ccc(Cl)cc3)c(C)c12. The van der Waals surface area contributed by atoms with Gasteiger partial charge >= 0.3 is 0 Å². The minimum Gasteiger partial charge on any atom is -0.352 e. The second-order valence-electron chi connectivity index (χ2n) is 8.90. The molecule has 0 spiro atoms. The molecule has 4 aromatic rings. The fourth-order valence-corrected chi connectivity index (χ4v) is 4.84. The molecule has 1 N–H and O–H groups in total. The number of rotatable bonds is 5. The Hall–Kier alpha value is -3.52. The van der Waals surface area contributed by atoms with Gasteiger partial charge in [-0.05, 0) is 57.0 Å². The van der Waals surface area contributed by atoms with E-state index in [9.17, 15) is 9.18 Å². The fourth-order valence-electron chi connectivity index (χ4n) is 4.71. The second kappa shape index (κ2) is 9.62. The fraction of sp³-hybridized carbons (Fsp3) is 0.308. The van der Waals surface area contributed by atoms with E-state index in [2.05, 4.69) is 20.4 Å². The van der Waals surface area contributed by atoms with E-state index in [1.807, 2.05) is 42.8 Å². The van der Waals surface area contributed by atoms with Gasteiger partial charge in [0.15, 0.2) is 5.82 Å². The van der Waals surface area contributed by atoms with E-state index in [0.717, 1.165) is 47.4 Å². The monoisotopic (exact) mass is 492 g/mol. The molecule has 1 aliphatic rings. The number of nitrogens with one attached hydrogen (secondary N) is 1. The van der Waals surface area contributed by atoms with E-state index in [0.29, 0.717) is 22.9 Å². The van der Waals surface area contributed by atoms with Crippen molar-refractivity contribution in [3.05, 3.63) is 76.3 Å². The Kier molecular flexibility index (Phi) is 6.38. The molecule has 0 bridgehead atoms. The smallest absolute Gasteiger partial charge is 0.225 e. The maximum atomic E-state index is 13.9. The number of aromatic nitrogens is 4. The van der Waals surface area contributed by atoms with Gasteiger partial charge in [-0.2, -0.15) is 10.2 Å². The van der Waals surface area contributed by atoms with Gasteiger partial charge in [0.05, 0.1) is 28.4 Å². The Morgan fingerprint density at radius 3 is 2.69 bits per heavy atom. The largest absolute Gasteiger partial charge is 0.352 e. The minimum absolute atomic E-state index is 0.0860. The van der Waals surface area contributed by atoms with Gasteiger partial charge in [0, 0.05) is 30.2 Å². The summed E-state index contributed by atoms with van der Waals surface area (Å²) in [6.45, 7) is 5.37. The molecule has 7 nitrogen and oxygen atoms in total. The molecule has 0 saturated carbocycles. The number of hydrogen-bond donors (Lipinski definition) is 1. The molecule has 3 heterocycles. The number of piperidine rings is 1. The Balaban J connectivity index is 1.40. The lowest BCUT2D eigenvalue weighted by Gasteiger charge is -2.32. The Bertz CT molecular complexity index is 1390. The molecule has 0 radical (unpaired) electrons. The number of anilines is 1. The average molecular weight is 493 g/mol. The highest BCUT2D eigenvalue weighted by atomic mass is 35.5. The summed E-state index contributed by atoms with van der Waals surface area (Å²) in [4.78, 5) is 15.0. The lowest BCUT2D eigenvalue weighted by molar-refractivity contribution is -0.125. The Morgan fingerprint density at radius 1 is 1.14 bits per heavy atom. The Labute approximate surface area is 207 Å². The molecule has 0 unspecified atom stereocenters. The number of hydrogen-bond acceptors (Lipinski definition) is 5. The highest BCUT2D eigenvalue weighted by Crippen LogP contribution is 2.31. The van der Waals surface area contributed by atoms with Crippen LogP contribution < -0.4 is 10.2 Å². The maximum absolute atomic E-state index is 13.9. The van der Waals surface area contributed by atoms with Gasteiger partial charge in [0.25, 0.3) is 0 Å². The van der Waals surface area contributed by atoms with Crippen molar-refractivity contribution >= 4 is 34.2 Å². The molecule has 1 atom stereocenters. The van der Waals surface area contributed by atoms with Crippen molar-refractivity contribution in [1.82, 2.24) is 25.3 Å². The molecule has 0 aliphatic carbocycles. The number of carbonyl (C=O) groups excluding carboxylic acids is 1. The van der Waals surface area contributed by atoms with Gasteiger partial charge in [0.1, 0.15) is 11.3 Å². The summed E-state index contributed by atoms with van der Waals surface area (Å²) >= 11 is 6.07. The predicted molar refractivity (Wildman–Crippen MR) is 134 cm³/mol. The number of benzene rings is 2. The molecule has 2 aromatic carbocycles. The summed E-state index contributed by atoms with van der Waals surface area (Å²) in [5, 5.41) is 18.3. The first kappa shape index (κ1) is 23.2. The highest BCUT2D eigenvalue weighted by molar-refractivity contribution is 6.30. The van der Waals surface area contributed by atoms with Crippen LogP contribution in [0.4, 0.5) is 10.2 Å². The number of nitrogens with zero attached hydrogens (tertiary/aromatic N) is 5. The van der Waals surface area contributed by atoms with Crippen molar-refractivity contribution in [2.24, 2.45) is 5.92 Å². The van der Waals surface area contributed by atoms with Gasteiger partial charge in [-0.1, -0.05) is 29.8 Å². The van der Waals surface area contributed by atoms with Crippen LogP contribution in [0.25, 0.3) is 16.6 Å². The molecular weight excluding hydrogens is 467 g/mol. The van der Waals surface area contributed by atoms with E-state index in [4.69, 9.17) is 16.7 Å². The van der Waals surface area contributed by atoms with E-state index < -0.39 is 0 Å². The topological polar surface area (TPSA) is 75.9 Å². The van der Waals surface area contributed by atoms with Crippen LogP contribution in [0.1, 0.15) is 29.8 Å². The van der Waals surface area contributed by atoms with Gasteiger partial charge in [0.2, 0.25) is 5.91 Å². The quantitative estimate of drug-likeness (QED) is 0.435. The van der Waals surface area contributed by atoms with Crippen LogP contribution >= 0.6 is 11.6 Å². The first-order chi connectivity index (χ1) is 16.9. The van der Waals surface area contributed by atoms with Crippen LogP contribution in [0.2, 0.25) is 5.02 Å². The lowest BCUT2D eigenvalue weighted by atomic mass is 9.97. The number of amides is 1. The zero-order valence-corrected chi connectivity index (χ0v) is 20.4. The van der Waals surface area contributed by atoms with Gasteiger partial charge in [-0.25, -0.2) is 9.07 Å². The van der Waals surface area contributed by atoms with Crippen LogP contribution in [-0.2, 0) is 11.3 Å². The van der Waals surface area contributed by atoms with Crippen LogP contribution in [0.15, 0.2) is 48.5 Å². The van der Waals surface area contributed by atoms with E-state index >= 15 is 0 Å². The van der Waals surface area contributed by atoms with Crippen molar-refractivity contribution in [2.75, 3.05) is 18.0 Å². The van der Waals surface area contributed by atoms with E-state index in [1.54, 1.807) is 18.2 Å². The van der Waals surface area contributed by atoms with Crippen LogP contribution in [-0.4, -0.2) is 39.0 Å². The summed E-state index contributed by atoms with van der Waals surface area (Å²) in [6, 6.07) is 14.0. The van der Waals surface area contributed by atoms with Gasteiger partial charge in [-0.3, -0.25) is 4.79 Å². The lowest BCUT2D eigenvalue weighted by Crippen LogP contribution is -2.43. The maximum Gasteiger partial charge on any atom is 0.225 e. The predicted octanol–water partition coefficient (Wildman–Crippen LogP) is 4.76. The number of halogens is 2. The molecule has 1 fully saturated rings. The standard InChI is InChI=1S/C26H26ClFN6O/c1-16-23-17(2)34(21-11-9-20(27)10-12-21)32-24(23)25(31-30-16)33-13-5-7-19(15-33)26(35)29-14-18-6-3-4-8-22(18)28/h3-4,6,8-12,19H,5,7,13-15H2,1-2H3,(H,29,35)/t19-/m0/s1. The summed E-state index contributed by atoms with van der Waals surface area (Å²) in [7, 11) is 0. The molecule has 2 aromatic heterocycles. The van der Waals surface area contributed by atoms with Crippen molar-refractivity contribution in [2.45, 2.75) is 33.2 Å². The third-order valence-corrected chi connectivity index (χ3v) is 6.81. The number of fused-ring (bicyclic) bond motifs is 1. The van der Waals surface area contributed by atoms with Crippen molar-refractivity contribution in [3.8, 4) is 5.69 Å². The first-order valence-corrected chi connectivity index (χ1v) is 12.0. The summed E-state index contributed by atoms with van der Waals surface area (Å²) < 4.78 is 15.8. The van der Waals surface area contributed by atoms with E-state index in [-0.39, 0.29) is 24.2 Å². The Morgan fingerprint density at radius 2 is 1.91 bits per heavy atom. The molecule has 5 rings (SSSR count). The molecule has 1 aliphatic heterocycles. The third-order valence-electron chi connectivity index (χ3n) is 6.56. The average Bonchev–Trinajstić information content (AvgIpc) is 3.22. The number of carbonyl (C=O) groups is 1. The zero-order valence-electron chi connectivity index (χ0n) is 19.6. The molecule has 1 saturated heterocycles.